The van der Waals surface area contributed by atoms with E-state index in [0.29, 0.717) is 16.6 Å². The fourth-order valence-electron chi connectivity index (χ4n) is 1.39. The molecular weight excluding hydrogens is 343 g/mol. The van der Waals surface area contributed by atoms with Gasteiger partial charge >= 0.3 is 0 Å². The second-order valence-corrected chi connectivity index (χ2v) is 5.33. The average molecular weight is 354 g/mol. The molecule has 3 N–H and O–H groups in total. The second kappa shape index (κ2) is 6.45. The summed E-state index contributed by atoms with van der Waals surface area (Å²) in [7, 11) is 0. The van der Waals surface area contributed by atoms with Gasteiger partial charge in [0.2, 0.25) is 5.91 Å². The van der Waals surface area contributed by atoms with Crippen molar-refractivity contribution in [1.82, 2.24) is 0 Å². The summed E-state index contributed by atoms with van der Waals surface area (Å²) in [5.74, 6) is -1.43. The monoisotopic (exact) mass is 352 g/mol. The van der Waals surface area contributed by atoms with E-state index in [1.165, 1.54) is 6.07 Å². The van der Waals surface area contributed by atoms with E-state index in [2.05, 4.69) is 21.2 Å². The van der Waals surface area contributed by atoms with Gasteiger partial charge in [0.1, 0.15) is 5.82 Å². The number of benzene rings is 1. The van der Waals surface area contributed by atoms with Crippen molar-refractivity contribution in [2.75, 3.05) is 5.32 Å². The lowest BCUT2D eigenvalue weighted by Gasteiger charge is -2.15. The molecule has 18 heavy (non-hydrogen) atoms. The summed E-state index contributed by atoms with van der Waals surface area (Å²) in [5.41, 5.74) is 5.77. The molecule has 1 rings (SSSR count). The summed E-state index contributed by atoms with van der Waals surface area (Å²) < 4.78 is 13.4. The van der Waals surface area contributed by atoms with Gasteiger partial charge in [-0.15, -0.1) is 0 Å². The van der Waals surface area contributed by atoms with Crippen LogP contribution in [0, 0.1) is 11.7 Å². The van der Waals surface area contributed by atoms with Gasteiger partial charge in [-0.25, -0.2) is 4.39 Å². The van der Waals surface area contributed by atoms with Gasteiger partial charge in [0.15, 0.2) is 0 Å². The van der Waals surface area contributed by atoms with Crippen molar-refractivity contribution in [3.8, 4) is 0 Å². The van der Waals surface area contributed by atoms with Gasteiger partial charge in [0.25, 0.3) is 0 Å². The quantitative estimate of drug-likeness (QED) is 0.815. The summed E-state index contributed by atoms with van der Waals surface area (Å²) in [6.07, 6.45) is 0.484. The number of hydrogen-bond donors (Lipinski definition) is 2. The first-order chi connectivity index (χ1) is 8.36. The largest absolute Gasteiger partial charge is 0.393 e. The lowest BCUT2D eigenvalue weighted by molar-refractivity contribution is -0.118. The fourth-order valence-corrected chi connectivity index (χ4v) is 2.56. The maximum atomic E-state index is 13.0. The Morgan fingerprint density at radius 1 is 1.67 bits per heavy atom. The second-order valence-electron chi connectivity index (χ2n) is 3.60. The maximum Gasteiger partial charge on any atom is 0.234 e. The molecule has 7 heteroatoms. The molecule has 1 aromatic carbocycles. The number of carbonyl (C=O) groups excluding carboxylic acids is 1. The predicted molar refractivity (Wildman–Crippen MR) is 78.3 cm³/mol. The van der Waals surface area contributed by atoms with Crippen LogP contribution in [0.25, 0.3) is 0 Å². The Morgan fingerprint density at radius 2 is 2.28 bits per heavy atom. The Balaban J connectivity index is 2.98. The van der Waals surface area contributed by atoms with Crippen LogP contribution in [0.3, 0.4) is 0 Å². The summed E-state index contributed by atoms with van der Waals surface area (Å²) in [4.78, 5) is 12.0. The van der Waals surface area contributed by atoms with Crippen molar-refractivity contribution in [3.63, 3.8) is 0 Å². The Kier molecular flexibility index (Phi) is 5.49. The van der Waals surface area contributed by atoms with E-state index in [4.69, 9.17) is 29.6 Å². The van der Waals surface area contributed by atoms with Crippen LogP contribution in [-0.2, 0) is 4.79 Å². The van der Waals surface area contributed by atoms with E-state index in [9.17, 15) is 9.18 Å². The molecule has 0 aliphatic heterocycles. The summed E-state index contributed by atoms with van der Waals surface area (Å²) in [6.45, 7) is 1.80. The molecule has 1 unspecified atom stereocenters. The standard InChI is InChI=1S/C11H11BrClFN2OS/c1-2-6(10(15)18)11(17)16-9-7(12)3-5(14)4-8(9)13/h3-4,6H,2H2,1H3,(H2,15,18)(H,16,17). The molecule has 0 saturated heterocycles. The molecule has 0 spiro atoms. The maximum absolute atomic E-state index is 13.0. The molecule has 1 amide bonds. The fraction of sp³-hybridized carbons (Fsp3) is 0.273. The highest BCUT2D eigenvalue weighted by Crippen LogP contribution is 2.32. The molecule has 0 aliphatic rings. The van der Waals surface area contributed by atoms with Crippen LogP contribution in [0.5, 0.6) is 0 Å². The molecule has 0 fully saturated rings. The van der Waals surface area contributed by atoms with Crippen LogP contribution in [-0.4, -0.2) is 10.9 Å². The van der Waals surface area contributed by atoms with Gasteiger partial charge in [-0.05, 0) is 34.5 Å². The van der Waals surface area contributed by atoms with Crippen LogP contribution < -0.4 is 11.1 Å². The van der Waals surface area contributed by atoms with E-state index in [1.54, 1.807) is 6.92 Å². The van der Waals surface area contributed by atoms with Crippen LogP contribution in [0.1, 0.15) is 13.3 Å². The third-order valence-corrected chi connectivity index (χ3v) is 3.53. The summed E-state index contributed by atoms with van der Waals surface area (Å²) in [5, 5.41) is 2.69. The Labute approximate surface area is 123 Å². The van der Waals surface area contributed by atoms with E-state index in [0.717, 1.165) is 6.07 Å². The molecule has 1 atom stereocenters. The normalized spacial score (nSPS) is 12.0. The lowest BCUT2D eigenvalue weighted by atomic mass is 10.1. The van der Waals surface area contributed by atoms with Crippen molar-refractivity contribution in [1.29, 1.82) is 0 Å². The molecule has 98 valence electrons. The van der Waals surface area contributed by atoms with Gasteiger partial charge in [-0.2, -0.15) is 0 Å². The highest BCUT2D eigenvalue weighted by molar-refractivity contribution is 9.10. The molecule has 0 bridgehead atoms. The number of halogens is 3. The van der Waals surface area contributed by atoms with Gasteiger partial charge in [-0.3, -0.25) is 4.79 Å². The molecule has 3 nitrogen and oxygen atoms in total. The number of hydrogen-bond acceptors (Lipinski definition) is 2. The smallest absolute Gasteiger partial charge is 0.234 e. The minimum Gasteiger partial charge on any atom is -0.393 e. The van der Waals surface area contributed by atoms with Gasteiger partial charge in [0.05, 0.1) is 21.6 Å². The first kappa shape index (κ1) is 15.3. The van der Waals surface area contributed by atoms with Gasteiger partial charge < -0.3 is 11.1 Å². The zero-order valence-corrected chi connectivity index (χ0v) is 12.6. The predicted octanol–water partition coefficient (Wildman–Crippen LogP) is 3.49. The minimum absolute atomic E-state index is 0.105. The van der Waals surface area contributed by atoms with Gasteiger partial charge in [-0.1, -0.05) is 30.7 Å². The molecule has 1 aromatic rings. The van der Waals surface area contributed by atoms with Crippen molar-refractivity contribution in [2.24, 2.45) is 11.7 Å². The molecular formula is C11H11BrClFN2OS. The van der Waals surface area contributed by atoms with Crippen LogP contribution in [0.15, 0.2) is 16.6 Å². The molecule has 0 saturated carbocycles. The molecule has 0 aliphatic carbocycles. The van der Waals surface area contributed by atoms with E-state index in [-0.39, 0.29) is 15.9 Å². The zero-order valence-electron chi connectivity index (χ0n) is 9.47. The number of amides is 1. The Morgan fingerprint density at radius 3 is 2.72 bits per heavy atom. The van der Waals surface area contributed by atoms with Crippen molar-refractivity contribution in [2.45, 2.75) is 13.3 Å². The number of carbonyl (C=O) groups is 1. The third kappa shape index (κ3) is 3.63. The van der Waals surface area contributed by atoms with Crippen LogP contribution in [0.2, 0.25) is 5.02 Å². The Hall–Kier alpha value is -0.720. The number of anilines is 1. The summed E-state index contributed by atoms with van der Waals surface area (Å²) >= 11 is 13.8. The van der Waals surface area contributed by atoms with Crippen LogP contribution in [0.4, 0.5) is 10.1 Å². The molecule has 0 aromatic heterocycles. The third-order valence-electron chi connectivity index (χ3n) is 2.32. The number of nitrogens with one attached hydrogen (secondary N) is 1. The van der Waals surface area contributed by atoms with Crippen LogP contribution >= 0.6 is 39.7 Å². The van der Waals surface area contributed by atoms with E-state index >= 15 is 0 Å². The van der Waals surface area contributed by atoms with E-state index in [1.807, 2.05) is 0 Å². The molecule has 0 radical (unpaired) electrons. The number of thiocarbonyl (C=S) groups is 1. The number of rotatable bonds is 4. The average Bonchev–Trinajstić information content (AvgIpc) is 2.23. The minimum atomic E-state index is -0.576. The first-order valence-electron chi connectivity index (χ1n) is 5.11. The topological polar surface area (TPSA) is 55.1 Å². The highest BCUT2D eigenvalue weighted by atomic mass is 79.9. The molecule has 0 heterocycles. The first-order valence-corrected chi connectivity index (χ1v) is 6.69. The van der Waals surface area contributed by atoms with Crippen molar-refractivity contribution < 1.29 is 9.18 Å². The number of nitrogens with two attached hydrogens (primary N) is 1. The highest BCUT2D eigenvalue weighted by Gasteiger charge is 2.21. The summed E-state index contributed by atoms with van der Waals surface area (Å²) in [6, 6.07) is 2.33. The SMILES string of the molecule is CCC(C(=O)Nc1c(Cl)cc(F)cc1Br)C(N)=S. The van der Waals surface area contributed by atoms with E-state index < -0.39 is 11.7 Å². The van der Waals surface area contributed by atoms with Crippen molar-refractivity contribution >= 4 is 56.3 Å². The Bertz CT molecular complexity index is 475. The van der Waals surface area contributed by atoms with Crippen molar-refractivity contribution in [3.05, 3.63) is 27.4 Å². The lowest BCUT2D eigenvalue weighted by Crippen LogP contribution is -2.32. The van der Waals surface area contributed by atoms with Gasteiger partial charge in [0, 0.05) is 4.47 Å². The zero-order chi connectivity index (χ0) is 13.9.